The van der Waals surface area contributed by atoms with E-state index in [1.807, 2.05) is 0 Å². The summed E-state index contributed by atoms with van der Waals surface area (Å²) in [5.41, 5.74) is -0.0155. The first kappa shape index (κ1) is 13.5. The number of aromatic nitrogens is 3. The molecule has 1 aromatic rings. The van der Waals surface area contributed by atoms with Crippen LogP contribution in [0.2, 0.25) is 0 Å². The lowest BCUT2D eigenvalue weighted by Crippen LogP contribution is -2.39. The molecule has 1 N–H and O–H groups in total. The summed E-state index contributed by atoms with van der Waals surface area (Å²) < 4.78 is 13.0. The second-order valence-electron chi connectivity index (χ2n) is 5.49. The third-order valence-corrected chi connectivity index (χ3v) is 4.15. The van der Waals surface area contributed by atoms with Gasteiger partial charge in [-0.05, 0) is 25.7 Å². The van der Waals surface area contributed by atoms with Crippen LogP contribution < -0.4 is 5.32 Å². The smallest absolute Gasteiger partial charge is 0.288 e. The molecule has 1 aromatic heterocycles. The Kier molecular flexibility index (Phi) is 3.71. The molecule has 2 aliphatic rings. The second kappa shape index (κ2) is 5.49. The minimum atomic E-state index is -0.207. The lowest BCUT2D eigenvalue weighted by Gasteiger charge is -2.33. The number of nitrogens with one attached hydrogen (secondary N) is 1. The summed E-state index contributed by atoms with van der Waals surface area (Å²) in [5.74, 6) is 0.116. The van der Waals surface area contributed by atoms with E-state index in [1.54, 1.807) is 7.05 Å². The molecule has 2 aliphatic heterocycles. The van der Waals surface area contributed by atoms with Crippen LogP contribution >= 0.6 is 0 Å². The first-order chi connectivity index (χ1) is 9.69. The zero-order chi connectivity index (χ0) is 14.0. The molecule has 1 spiro atoms. The Labute approximate surface area is 117 Å². The monoisotopic (exact) mass is 280 g/mol. The number of hydrogen-bond donors (Lipinski definition) is 1. The zero-order valence-corrected chi connectivity index (χ0v) is 11.7. The molecule has 20 heavy (non-hydrogen) atoms. The van der Waals surface area contributed by atoms with Crippen LogP contribution in [-0.2, 0) is 16.5 Å². The maximum atomic E-state index is 11.9. The Hall–Kier alpha value is -1.47. The van der Waals surface area contributed by atoms with E-state index in [4.69, 9.17) is 9.47 Å². The highest BCUT2D eigenvalue weighted by atomic mass is 16.5. The third kappa shape index (κ3) is 2.69. The van der Waals surface area contributed by atoms with Crippen LogP contribution in [0.1, 0.15) is 36.3 Å². The van der Waals surface area contributed by atoms with Gasteiger partial charge in [0.05, 0.1) is 11.7 Å². The average Bonchev–Trinajstić information content (AvgIpc) is 3.04. The summed E-state index contributed by atoms with van der Waals surface area (Å²) in [6.07, 6.45) is 5.42. The number of rotatable bonds is 3. The van der Waals surface area contributed by atoms with Crippen molar-refractivity contribution >= 4 is 5.91 Å². The number of carbonyl (C=O) groups excluding carboxylic acids is 1. The van der Waals surface area contributed by atoms with E-state index >= 15 is 0 Å². The standard InChI is InChI=1S/C13H20N4O3/c1-17-11(15-9-16-17)12(18)14-8-10-2-3-13(20-10)4-6-19-7-5-13/h9-10H,2-8H2,1H3,(H,14,18). The number of amides is 1. The Morgan fingerprint density at radius 3 is 3.00 bits per heavy atom. The molecule has 0 aromatic carbocycles. The predicted octanol–water partition coefficient (Wildman–Crippen LogP) is 0.273. The minimum absolute atomic E-state index is 0.0155. The van der Waals surface area contributed by atoms with Crippen LogP contribution in [0.15, 0.2) is 6.33 Å². The second-order valence-corrected chi connectivity index (χ2v) is 5.49. The molecule has 2 fully saturated rings. The molecular formula is C13H20N4O3. The lowest BCUT2D eigenvalue weighted by atomic mass is 9.91. The molecule has 0 radical (unpaired) electrons. The summed E-state index contributed by atoms with van der Waals surface area (Å²) in [7, 11) is 1.70. The fraction of sp³-hybridized carbons (Fsp3) is 0.769. The first-order valence-electron chi connectivity index (χ1n) is 7.06. The van der Waals surface area contributed by atoms with Gasteiger partial charge in [-0.3, -0.25) is 4.79 Å². The molecule has 7 nitrogen and oxygen atoms in total. The van der Waals surface area contributed by atoms with E-state index in [-0.39, 0.29) is 17.6 Å². The van der Waals surface area contributed by atoms with Gasteiger partial charge in [0, 0.05) is 26.8 Å². The van der Waals surface area contributed by atoms with Crippen LogP contribution in [0.5, 0.6) is 0 Å². The van der Waals surface area contributed by atoms with Crippen LogP contribution in [-0.4, -0.2) is 52.1 Å². The Balaban J connectivity index is 1.50. The van der Waals surface area contributed by atoms with Gasteiger partial charge in [0.25, 0.3) is 5.91 Å². The Bertz CT molecular complexity index is 482. The lowest BCUT2D eigenvalue weighted by molar-refractivity contribution is -0.102. The summed E-state index contributed by atoms with van der Waals surface area (Å²) in [5, 5.41) is 6.76. The molecule has 0 aliphatic carbocycles. The molecule has 1 unspecified atom stereocenters. The molecular weight excluding hydrogens is 260 g/mol. The number of aryl methyl sites for hydroxylation is 1. The minimum Gasteiger partial charge on any atom is -0.381 e. The summed E-state index contributed by atoms with van der Waals surface area (Å²) in [4.78, 5) is 15.9. The molecule has 3 heterocycles. The van der Waals surface area contributed by atoms with Crippen molar-refractivity contribution in [1.82, 2.24) is 20.1 Å². The SMILES string of the molecule is Cn1ncnc1C(=O)NCC1CCC2(CCOCC2)O1. The van der Waals surface area contributed by atoms with Crippen molar-refractivity contribution in [2.75, 3.05) is 19.8 Å². The highest BCUT2D eigenvalue weighted by Crippen LogP contribution is 2.37. The summed E-state index contributed by atoms with van der Waals surface area (Å²) in [6, 6.07) is 0. The summed E-state index contributed by atoms with van der Waals surface area (Å²) >= 11 is 0. The maximum Gasteiger partial charge on any atom is 0.288 e. The third-order valence-electron chi connectivity index (χ3n) is 4.15. The fourth-order valence-electron chi connectivity index (χ4n) is 2.94. The zero-order valence-electron chi connectivity index (χ0n) is 11.7. The van der Waals surface area contributed by atoms with Gasteiger partial charge >= 0.3 is 0 Å². The van der Waals surface area contributed by atoms with Crippen molar-refractivity contribution < 1.29 is 14.3 Å². The molecule has 110 valence electrons. The van der Waals surface area contributed by atoms with E-state index in [2.05, 4.69) is 15.4 Å². The van der Waals surface area contributed by atoms with Gasteiger partial charge in [0.2, 0.25) is 5.82 Å². The van der Waals surface area contributed by atoms with Gasteiger partial charge in [0.15, 0.2) is 0 Å². The van der Waals surface area contributed by atoms with Gasteiger partial charge in [-0.1, -0.05) is 0 Å². The molecule has 1 atom stereocenters. The largest absolute Gasteiger partial charge is 0.381 e. The number of nitrogens with zero attached hydrogens (tertiary/aromatic N) is 3. The molecule has 0 saturated carbocycles. The fourth-order valence-corrected chi connectivity index (χ4v) is 2.94. The predicted molar refractivity (Wildman–Crippen MR) is 70.2 cm³/mol. The van der Waals surface area contributed by atoms with Crippen molar-refractivity contribution in [3.63, 3.8) is 0 Å². The Morgan fingerprint density at radius 1 is 1.50 bits per heavy atom. The quantitative estimate of drug-likeness (QED) is 0.860. The number of ether oxygens (including phenoxy) is 2. The molecule has 7 heteroatoms. The highest BCUT2D eigenvalue weighted by Gasteiger charge is 2.41. The van der Waals surface area contributed by atoms with E-state index in [0.29, 0.717) is 12.4 Å². The van der Waals surface area contributed by atoms with E-state index < -0.39 is 0 Å². The van der Waals surface area contributed by atoms with Crippen molar-refractivity contribution in [3.8, 4) is 0 Å². The van der Waals surface area contributed by atoms with Gasteiger partial charge in [-0.25, -0.2) is 9.67 Å². The van der Waals surface area contributed by atoms with Gasteiger partial charge in [-0.15, -0.1) is 0 Å². The van der Waals surface area contributed by atoms with Crippen LogP contribution in [0, 0.1) is 0 Å². The van der Waals surface area contributed by atoms with E-state index in [1.165, 1.54) is 11.0 Å². The average molecular weight is 280 g/mol. The van der Waals surface area contributed by atoms with Gasteiger partial charge in [0.1, 0.15) is 6.33 Å². The van der Waals surface area contributed by atoms with Crippen molar-refractivity contribution in [3.05, 3.63) is 12.2 Å². The van der Waals surface area contributed by atoms with Gasteiger partial charge < -0.3 is 14.8 Å². The Morgan fingerprint density at radius 2 is 2.30 bits per heavy atom. The van der Waals surface area contributed by atoms with Gasteiger partial charge in [-0.2, -0.15) is 5.10 Å². The topological polar surface area (TPSA) is 78.3 Å². The first-order valence-corrected chi connectivity index (χ1v) is 7.06. The van der Waals surface area contributed by atoms with Crippen molar-refractivity contribution in [2.45, 2.75) is 37.4 Å². The van der Waals surface area contributed by atoms with Crippen LogP contribution in [0.25, 0.3) is 0 Å². The molecule has 1 amide bonds. The molecule has 3 rings (SSSR count). The van der Waals surface area contributed by atoms with Crippen molar-refractivity contribution in [1.29, 1.82) is 0 Å². The summed E-state index contributed by atoms with van der Waals surface area (Å²) in [6.45, 7) is 2.07. The highest BCUT2D eigenvalue weighted by molar-refractivity contribution is 5.90. The number of hydrogen-bond acceptors (Lipinski definition) is 5. The van der Waals surface area contributed by atoms with E-state index in [0.717, 1.165) is 38.9 Å². The maximum absolute atomic E-state index is 11.9. The van der Waals surface area contributed by atoms with Crippen molar-refractivity contribution in [2.24, 2.45) is 7.05 Å². The normalized spacial score (nSPS) is 24.9. The van der Waals surface area contributed by atoms with Crippen LogP contribution in [0.4, 0.5) is 0 Å². The van der Waals surface area contributed by atoms with E-state index in [9.17, 15) is 4.79 Å². The number of carbonyl (C=O) groups is 1. The molecule has 0 bridgehead atoms. The van der Waals surface area contributed by atoms with Crippen LogP contribution in [0.3, 0.4) is 0 Å². The molecule has 2 saturated heterocycles.